The summed E-state index contributed by atoms with van der Waals surface area (Å²) in [5, 5.41) is 18.4. The number of anilines is 3. The van der Waals surface area contributed by atoms with Crippen molar-refractivity contribution in [2.45, 2.75) is 25.6 Å². The SMILES string of the molecule is CCNc1nc(Nc2cn(C3CC3C#N)nc2Cl)ncc1C(F)(F)F. The van der Waals surface area contributed by atoms with Crippen LogP contribution in [-0.4, -0.2) is 26.3 Å². The molecule has 1 aliphatic rings. The molecule has 3 rings (SSSR count). The first kappa shape index (κ1) is 17.3. The summed E-state index contributed by atoms with van der Waals surface area (Å²) in [5.74, 6) is -0.465. The molecule has 0 saturated heterocycles. The first-order chi connectivity index (χ1) is 11.8. The van der Waals surface area contributed by atoms with E-state index < -0.39 is 11.7 Å². The normalized spacial score (nSPS) is 19.4. The third-order valence-corrected chi connectivity index (χ3v) is 3.91. The lowest BCUT2D eigenvalue weighted by Gasteiger charge is -2.13. The van der Waals surface area contributed by atoms with Gasteiger partial charge in [0.15, 0.2) is 5.15 Å². The summed E-state index contributed by atoms with van der Waals surface area (Å²) in [7, 11) is 0. The van der Waals surface area contributed by atoms with Gasteiger partial charge in [-0.1, -0.05) is 11.6 Å². The molecule has 0 spiro atoms. The summed E-state index contributed by atoms with van der Waals surface area (Å²) >= 11 is 6.03. The molecule has 2 aromatic heterocycles. The smallest absolute Gasteiger partial charge is 0.370 e. The molecular weight excluding hydrogens is 359 g/mol. The van der Waals surface area contributed by atoms with Gasteiger partial charge in [-0.2, -0.15) is 28.5 Å². The summed E-state index contributed by atoms with van der Waals surface area (Å²) in [4.78, 5) is 7.56. The number of nitrogens with one attached hydrogen (secondary N) is 2. The van der Waals surface area contributed by atoms with Crippen LogP contribution in [0, 0.1) is 17.2 Å². The first-order valence-corrected chi connectivity index (χ1v) is 7.80. The zero-order valence-electron chi connectivity index (χ0n) is 13.0. The van der Waals surface area contributed by atoms with Crippen LogP contribution in [0.25, 0.3) is 0 Å². The topological polar surface area (TPSA) is 91.5 Å². The number of rotatable bonds is 5. The molecule has 7 nitrogen and oxygen atoms in total. The molecule has 0 radical (unpaired) electrons. The van der Waals surface area contributed by atoms with E-state index in [0.717, 1.165) is 0 Å². The zero-order valence-corrected chi connectivity index (χ0v) is 13.7. The summed E-state index contributed by atoms with van der Waals surface area (Å²) in [6, 6.07) is 2.11. The van der Waals surface area contributed by atoms with Gasteiger partial charge in [0.05, 0.1) is 29.9 Å². The summed E-state index contributed by atoms with van der Waals surface area (Å²) in [6.07, 6.45) is -1.58. The third kappa shape index (κ3) is 3.61. The van der Waals surface area contributed by atoms with E-state index in [0.29, 0.717) is 18.3 Å². The quantitative estimate of drug-likeness (QED) is 0.834. The highest BCUT2D eigenvalue weighted by atomic mass is 35.5. The Morgan fingerprint density at radius 3 is 2.84 bits per heavy atom. The van der Waals surface area contributed by atoms with Crippen molar-refractivity contribution in [1.29, 1.82) is 5.26 Å². The Balaban J connectivity index is 1.84. The maximum Gasteiger partial charge on any atom is 0.421 e. The predicted molar refractivity (Wildman–Crippen MR) is 84.5 cm³/mol. The van der Waals surface area contributed by atoms with Gasteiger partial charge in [0.2, 0.25) is 5.95 Å². The molecule has 1 fully saturated rings. The van der Waals surface area contributed by atoms with Gasteiger partial charge in [0.1, 0.15) is 11.4 Å². The van der Waals surface area contributed by atoms with Gasteiger partial charge in [-0.05, 0) is 13.3 Å². The fourth-order valence-electron chi connectivity index (χ4n) is 2.31. The summed E-state index contributed by atoms with van der Waals surface area (Å²) in [5.41, 5.74) is -0.594. The third-order valence-electron chi connectivity index (χ3n) is 3.63. The lowest BCUT2D eigenvalue weighted by Crippen LogP contribution is -2.14. The van der Waals surface area contributed by atoms with Crippen molar-refractivity contribution in [2.75, 3.05) is 17.2 Å². The Morgan fingerprint density at radius 1 is 1.48 bits per heavy atom. The second-order valence-corrected chi connectivity index (χ2v) is 5.82. The van der Waals surface area contributed by atoms with Crippen LogP contribution in [0.3, 0.4) is 0 Å². The Hall–Kier alpha value is -2.54. The summed E-state index contributed by atoms with van der Waals surface area (Å²) < 4.78 is 40.5. The predicted octanol–water partition coefficient (Wildman–Crippen LogP) is 3.61. The van der Waals surface area contributed by atoms with Crippen LogP contribution in [0.1, 0.15) is 24.9 Å². The van der Waals surface area contributed by atoms with Crippen molar-refractivity contribution >= 4 is 29.1 Å². The van der Waals surface area contributed by atoms with Gasteiger partial charge >= 0.3 is 6.18 Å². The van der Waals surface area contributed by atoms with Gasteiger partial charge in [-0.15, -0.1) is 0 Å². The van der Waals surface area contributed by atoms with Crippen LogP contribution in [-0.2, 0) is 6.18 Å². The van der Waals surface area contributed by atoms with Crippen molar-refractivity contribution in [3.05, 3.63) is 23.1 Å². The van der Waals surface area contributed by atoms with Gasteiger partial charge < -0.3 is 10.6 Å². The zero-order chi connectivity index (χ0) is 18.2. The Kier molecular flexibility index (Phi) is 4.43. The molecule has 0 aliphatic heterocycles. The second-order valence-electron chi connectivity index (χ2n) is 5.46. The molecule has 1 aliphatic carbocycles. The van der Waals surface area contributed by atoms with E-state index in [9.17, 15) is 13.2 Å². The number of aromatic nitrogens is 4. The van der Waals surface area contributed by atoms with Gasteiger partial charge in [-0.25, -0.2) is 4.98 Å². The molecule has 2 heterocycles. The van der Waals surface area contributed by atoms with E-state index >= 15 is 0 Å². The monoisotopic (exact) mass is 371 g/mol. The highest BCUT2D eigenvalue weighted by molar-refractivity contribution is 6.32. The van der Waals surface area contributed by atoms with E-state index in [1.54, 1.807) is 17.8 Å². The highest BCUT2D eigenvalue weighted by Gasteiger charge is 2.40. The molecule has 2 N–H and O–H groups in total. The highest BCUT2D eigenvalue weighted by Crippen LogP contribution is 2.43. The molecule has 25 heavy (non-hydrogen) atoms. The van der Waals surface area contributed by atoms with Crippen molar-refractivity contribution in [2.24, 2.45) is 5.92 Å². The molecule has 11 heteroatoms. The molecular formula is C14H13ClF3N7. The fourth-order valence-corrected chi connectivity index (χ4v) is 2.49. The molecule has 2 atom stereocenters. The van der Waals surface area contributed by atoms with Crippen LogP contribution < -0.4 is 10.6 Å². The Labute approximate surface area is 145 Å². The average Bonchev–Trinajstić information content (AvgIpc) is 3.24. The van der Waals surface area contributed by atoms with Gasteiger partial charge in [-0.3, -0.25) is 4.68 Å². The van der Waals surface area contributed by atoms with Crippen LogP contribution in [0.5, 0.6) is 0 Å². The summed E-state index contributed by atoms with van der Waals surface area (Å²) in [6.45, 7) is 1.94. The molecule has 0 bridgehead atoms. The Bertz CT molecular complexity index is 827. The second kappa shape index (κ2) is 6.40. The van der Waals surface area contributed by atoms with Crippen LogP contribution in [0.4, 0.5) is 30.6 Å². The van der Waals surface area contributed by atoms with Crippen LogP contribution in [0.15, 0.2) is 12.4 Å². The van der Waals surface area contributed by atoms with Crippen molar-refractivity contribution in [3.8, 4) is 6.07 Å². The van der Waals surface area contributed by atoms with E-state index in [-0.39, 0.29) is 35.4 Å². The average molecular weight is 372 g/mol. The van der Waals surface area contributed by atoms with Crippen LogP contribution >= 0.6 is 11.6 Å². The first-order valence-electron chi connectivity index (χ1n) is 7.43. The van der Waals surface area contributed by atoms with E-state index in [1.807, 2.05) is 0 Å². The van der Waals surface area contributed by atoms with Gasteiger partial charge in [0.25, 0.3) is 0 Å². The molecule has 2 unspecified atom stereocenters. The lowest BCUT2D eigenvalue weighted by atomic mass is 10.3. The molecule has 132 valence electrons. The number of hydrogen-bond acceptors (Lipinski definition) is 6. The number of hydrogen-bond donors (Lipinski definition) is 2. The molecule has 2 aromatic rings. The van der Waals surface area contributed by atoms with E-state index in [1.165, 1.54) is 0 Å². The molecule has 0 aromatic carbocycles. The van der Waals surface area contributed by atoms with Crippen molar-refractivity contribution < 1.29 is 13.2 Å². The minimum atomic E-state index is -4.56. The maximum atomic E-state index is 13.0. The number of alkyl halides is 3. The number of nitriles is 1. The number of nitrogens with zero attached hydrogens (tertiary/aromatic N) is 5. The van der Waals surface area contributed by atoms with Crippen molar-refractivity contribution in [1.82, 2.24) is 19.7 Å². The van der Waals surface area contributed by atoms with Crippen LogP contribution in [0.2, 0.25) is 5.15 Å². The van der Waals surface area contributed by atoms with E-state index in [2.05, 4.69) is 31.8 Å². The number of halogens is 4. The molecule has 0 amide bonds. The Morgan fingerprint density at radius 2 is 2.24 bits per heavy atom. The lowest BCUT2D eigenvalue weighted by molar-refractivity contribution is -0.137. The van der Waals surface area contributed by atoms with E-state index in [4.69, 9.17) is 16.9 Å². The minimum absolute atomic E-state index is 0.0381. The standard InChI is InChI=1S/C14H13ClF3N7/c1-2-20-12-8(14(16,17)18)5-21-13(23-12)22-9-6-25(24-11(9)15)10-3-7(10)4-19/h5-7,10H,2-3H2,1H3,(H2,20,21,22,23). The minimum Gasteiger partial charge on any atom is -0.370 e. The van der Waals surface area contributed by atoms with Gasteiger partial charge in [0, 0.05) is 12.7 Å². The fraction of sp³-hybridized carbons (Fsp3) is 0.429. The maximum absolute atomic E-state index is 13.0. The largest absolute Gasteiger partial charge is 0.421 e. The van der Waals surface area contributed by atoms with Crippen molar-refractivity contribution in [3.63, 3.8) is 0 Å². The molecule has 1 saturated carbocycles.